The van der Waals surface area contributed by atoms with E-state index >= 15 is 0 Å². The Labute approximate surface area is 124 Å². The van der Waals surface area contributed by atoms with Crippen LogP contribution in [-0.4, -0.2) is 37.6 Å². The van der Waals surface area contributed by atoms with E-state index in [0.29, 0.717) is 24.2 Å². The zero-order valence-corrected chi connectivity index (χ0v) is 12.4. The Morgan fingerprint density at radius 2 is 1.81 bits per heavy atom. The number of carbonyl (C=O) groups excluding carboxylic acids is 2. The second kappa shape index (κ2) is 6.69. The second-order valence-electron chi connectivity index (χ2n) is 5.16. The summed E-state index contributed by atoms with van der Waals surface area (Å²) in [5.74, 6) is -0.295. The van der Waals surface area contributed by atoms with Crippen molar-refractivity contribution < 1.29 is 14.3 Å². The molecule has 0 unspecified atom stereocenters. The van der Waals surface area contributed by atoms with Crippen molar-refractivity contribution in [1.82, 2.24) is 5.32 Å². The molecule has 0 radical (unpaired) electrons. The summed E-state index contributed by atoms with van der Waals surface area (Å²) in [6.45, 7) is 2.96. The van der Waals surface area contributed by atoms with Gasteiger partial charge < -0.3 is 20.7 Å². The van der Waals surface area contributed by atoms with Crippen molar-refractivity contribution in [2.45, 2.75) is 25.4 Å². The molecular weight excluding hydrogens is 270 g/mol. The lowest BCUT2D eigenvalue weighted by atomic mass is 9.91. The molecule has 3 N–H and O–H groups in total. The summed E-state index contributed by atoms with van der Waals surface area (Å²) in [5, 5.41) is 8.78. The maximum atomic E-state index is 12.5. The first-order valence-electron chi connectivity index (χ1n) is 7.01. The third-order valence-corrected chi connectivity index (χ3v) is 3.66. The predicted octanol–water partition coefficient (Wildman–Crippen LogP) is 1.35. The van der Waals surface area contributed by atoms with Crippen molar-refractivity contribution >= 4 is 23.2 Å². The maximum absolute atomic E-state index is 12.5. The molecule has 114 valence electrons. The number of amides is 2. The van der Waals surface area contributed by atoms with Gasteiger partial charge in [-0.3, -0.25) is 9.59 Å². The lowest BCUT2D eigenvalue weighted by molar-refractivity contribution is -0.140. The average molecular weight is 291 g/mol. The minimum absolute atomic E-state index is 0.147. The summed E-state index contributed by atoms with van der Waals surface area (Å²) in [6.07, 6.45) is 1.28. The Morgan fingerprint density at radius 3 is 2.38 bits per heavy atom. The molecule has 0 atom stereocenters. The van der Waals surface area contributed by atoms with Crippen LogP contribution in [0.15, 0.2) is 24.3 Å². The number of rotatable bonds is 4. The molecule has 21 heavy (non-hydrogen) atoms. The van der Waals surface area contributed by atoms with Crippen molar-refractivity contribution in [3.63, 3.8) is 0 Å². The van der Waals surface area contributed by atoms with E-state index < -0.39 is 5.60 Å². The van der Waals surface area contributed by atoms with Crippen LogP contribution in [0.4, 0.5) is 11.4 Å². The first kappa shape index (κ1) is 15.5. The molecule has 0 aliphatic carbocycles. The van der Waals surface area contributed by atoms with Gasteiger partial charge in [-0.25, -0.2) is 0 Å². The summed E-state index contributed by atoms with van der Waals surface area (Å²) < 4.78 is 5.49. The zero-order chi connectivity index (χ0) is 15.3. The van der Waals surface area contributed by atoms with Gasteiger partial charge in [-0.15, -0.1) is 0 Å². The lowest BCUT2D eigenvalue weighted by Gasteiger charge is -2.34. The summed E-state index contributed by atoms with van der Waals surface area (Å²) in [7, 11) is 1.57. The van der Waals surface area contributed by atoms with Gasteiger partial charge in [0.05, 0.1) is 0 Å². The summed E-state index contributed by atoms with van der Waals surface area (Å²) in [4.78, 5) is 23.6. The monoisotopic (exact) mass is 291 g/mol. The van der Waals surface area contributed by atoms with Crippen LogP contribution < -0.4 is 16.0 Å². The van der Waals surface area contributed by atoms with Crippen LogP contribution in [0, 0.1) is 0 Å². The van der Waals surface area contributed by atoms with E-state index in [-0.39, 0.29) is 11.8 Å². The molecule has 2 amide bonds. The molecule has 1 aliphatic rings. The number of nitrogens with one attached hydrogen (secondary N) is 3. The first-order chi connectivity index (χ1) is 10.1. The van der Waals surface area contributed by atoms with Crippen molar-refractivity contribution in [3.05, 3.63) is 24.3 Å². The molecule has 6 nitrogen and oxygen atoms in total. The fourth-order valence-electron chi connectivity index (χ4n) is 2.48. The molecule has 0 saturated carbocycles. The third kappa shape index (κ3) is 3.80. The van der Waals surface area contributed by atoms with Gasteiger partial charge in [0.25, 0.3) is 5.91 Å². The lowest BCUT2D eigenvalue weighted by Crippen LogP contribution is -2.51. The maximum Gasteiger partial charge on any atom is 0.256 e. The molecule has 0 bridgehead atoms. The van der Waals surface area contributed by atoms with Gasteiger partial charge in [0.15, 0.2) is 0 Å². The Hall–Kier alpha value is -1.92. The fourth-order valence-corrected chi connectivity index (χ4v) is 2.48. The number of anilines is 2. The number of methoxy groups -OCH3 is 1. The smallest absolute Gasteiger partial charge is 0.256 e. The number of benzene rings is 1. The summed E-state index contributed by atoms with van der Waals surface area (Å²) in [5.41, 5.74) is 0.508. The van der Waals surface area contributed by atoms with E-state index in [0.717, 1.165) is 13.1 Å². The highest BCUT2D eigenvalue weighted by atomic mass is 16.5. The Balaban J connectivity index is 2.09. The molecule has 2 rings (SSSR count). The van der Waals surface area contributed by atoms with Crippen molar-refractivity contribution in [2.24, 2.45) is 0 Å². The van der Waals surface area contributed by atoms with Crippen LogP contribution in [0.1, 0.15) is 19.8 Å². The van der Waals surface area contributed by atoms with Crippen molar-refractivity contribution in [3.8, 4) is 0 Å². The summed E-state index contributed by atoms with van der Waals surface area (Å²) in [6, 6.07) is 7.06. The number of hydrogen-bond donors (Lipinski definition) is 3. The van der Waals surface area contributed by atoms with E-state index in [1.54, 1.807) is 31.4 Å². The molecule has 1 saturated heterocycles. The number of hydrogen-bond acceptors (Lipinski definition) is 4. The van der Waals surface area contributed by atoms with Crippen LogP contribution in [0.2, 0.25) is 0 Å². The molecule has 6 heteroatoms. The van der Waals surface area contributed by atoms with Crippen molar-refractivity contribution in [1.29, 1.82) is 0 Å². The highest BCUT2D eigenvalue weighted by molar-refractivity contribution is 5.98. The molecule has 1 fully saturated rings. The van der Waals surface area contributed by atoms with E-state index in [1.807, 2.05) is 0 Å². The molecule has 0 aromatic heterocycles. The van der Waals surface area contributed by atoms with Gasteiger partial charge in [-0.1, -0.05) is 6.07 Å². The Morgan fingerprint density at radius 1 is 1.19 bits per heavy atom. The van der Waals surface area contributed by atoms with Gasteiger partial charge in [0.2, 0.25) is 5.91 Å². The molecule has 0 spiro atoms. The highest BCUT2D eigenvalue weighted by Gasteiger charge is 2.39. The van der Waals surface area contributed by atoms with E-state index in [4.69, 9.17) is 4.74 Å². The normalized spacial score (nSPS) is 17.0. The van der Waals surface area contributed by atoms with Gasteiger partial charge in [-0.05, 0) is 44.1 Å². The minimum atomic E-state index is -0.782. The van der Waals surface area contributed by atoms with Gasteiger partial charge >= 0.3 is 0 Å². The van der Waals surface area contributed by atoms with Gasteiger partial charge in [0.1, 0.15) is 5.60 Å². The molecular formula is C15H21N3O3. The molecule has 1 aromatic rings. The number of carbonyl (C=O) groups is 2. The fraction of sp³-hybridized carbons (Fsp3) is 0.467. The minimum Gasteiger partial charge on any atom is -0.368 e. The SMILES string of the molecule is COC1(C(=O)Nc2cccc(NC(C)=O)c2)CCNCC1. The quantitative estimate of drug-likeness (QED) is 0.782. The predicted molar refractivity (Wildman–Crippen MR) is 81.2 cm³/mol. The zero-order valence-electron chi connectivity index (χ0n) is 12.4. The van der Waals surface area contributed by atoms with Gasteiger partial charge in [0, 0.05) is 25.4 Å². The van der Waals surface area contributed by atoms with Crippen LogP contribution in [0.5, 0.6) is 0 Å². The summed E-state index contributed by atoms with van der Waals surface area (Å²) >= 11 is 0. The topological polar surface area (TPSA) is 79.5 Å². The first-order valence-corrected chi connectivity index (χ1v) is 7.01. The third-order valence-electron chi connectivity index (χ3n) is 3.66. The average Bonchev–Trinajstić information content (AvgIpc) is 2.47. The van der Waals surface area contributed by atoms with Crippen molar-refractivity contribution in [2.75, 3.05) is 30.8 Å². The molecule has 1 aliphatic heterocycles. The standard InChI is InChI=1S/C15H21N3O3/c1-11(19)17-12-4-3-5-13(10-12)18-14(20)15(21-2)6-8-16-9-7-15/h3-5,10,16H,6-9H2,1-2H3,(H,17,19)(H,18,20). The highest BCUT2D eigenvalue weighted by Crippen LogP contribution is 2.25. The van der Waals surface area contributed by atoms with Crippen LogP contribution in [0.3, 0.4) is 0 Å². The number of piperidine rings is 1. The molecule has 1 aromatic carbocycles. The van der Waals surface area contributed by atoms with E-state index in [2.05, 4.69) is 16.0 Å². The molecule has 1 heterocycles. The number of ether oxygens (including phenoxy) is 1. The van der Waals surface area contributed by atoms with E-state index in [1.165, 1.54) is 6.92 Å². The van der Waals surface area contributed by atoms with Crippen LogP contribution in [0.25, 0.3) is 0 Å². The van der Waals surface area contributed by atoms with Gasteiger partial charge in [-0.2, -0.15) is 0 Å². The largest absolute Gasteiger partial charge is 0.368 e. The second-order valence-corrected chi connectivity index (χ2v) is 5.16. The van der Waals surface area contributed by atoms with E-state index in [9.17, 15) is 9.59 Å². The Bertz CT molecular complexity index is 525. The Kier molecular flexibility index (Phi) is 4.93. The van der Waals surface area contributed by atoms with Crippen LogP contribution in [-0.2, 0) is 14.3 Å². The van der Waals surface area contributed by atoms with Crippen LogP contribution >= 0.6 is 0 Å².